The first-order chi connectivity index (χ1) is 14.3. The predicted molar refractivity (Wildman–Crippen MR) is 115 cm³/mol. The lowest BCUT2D eigenvalue weighted by Gasteiger charge is -2.20. The number of rotatable bonds is 5. The summed E-state index contributed by atoms with van der Waals surface area (Å²) in [7, 11) is -3.82. The molecule has 9 heteroatoms. The number of anilines is 2. The van der Waals surface area contributed by atoms with Crippen LogP contribution in [-0.4, -0.2) is 38.2 Å². The molecule has 0 aromatic heterocycles. The first-order valence-electron chi connectivity index (χ1n) is 9.51. The monoisotopic (exact) mass is 445 g/mol. The number of halogens is 1. The maximum absolute atomic E-state index is 12.9. The molecule has 0 unspecified atom stereocenters. The van der Waals surface area contributed by atoms with Crippen LogP contribution < -0.4 is 9.62 Å². The van der Waals surface area contributed by atoms with Gasteiger partial charge in [0.2, 0.25) is 0 Å². The van der Waals surface area contributed by atoms with Gasteiger partial charge in [-0.15, -0.1) is 0 Å². The number of hydrogen-bond donors (Lipinski definition) is 1. The molecule has 0 spiro atoms. The third-order valence-corrected chi connectivity index (χ3v) is 6.84. The Labute approximate surface area is 180 Å². The fourth-order valence-corrected chi connectivity index (χ4v) is 4.97. The number of likely N-dealkylation sites (tertiary alicyclic amines) is 1. The van der Waals surface area contributed by atoms with Crippen LogP contribution in [0, 0.1) is 6.92 Å². The number of carbonyl (C=O) groups is 2. The molecule has 2 aliphatic heterocycles. The van der Waals surface area contributed by atoms with E-state index in [2.05, 4.69) is 4.72 Å². The Bertz CT molecular complexity index is 1150. The van der Waals surface area contributed by atoms with Crippen LogP contribution in [0.4, 0.5) is 11.4 Å². The summed E-state index contributed by atoms with van der Waals surface area (Å²) >= 11 is 6.18. The molecule has 2 heterocycles. The molecule has 2 aromatic carbocycles. The van der Waals surface area contributed by atoms with Gasteiger partial charge < -0.3 is 4.90 Å². The van der Waals surface area contributed by atoms with E-state index in [1.165, 1.54) is 24.3 Å². The van der Waals surface area contributed by atoms with Crippen LogP contribution in [0.2, 0.25) is 0 Å². The lowest BCUT2D eigenvalue weighted by atomic mass is 10.2. The van der Waals surface area contributed by atoms with Crippen molar-refractivity contribution in [2.24, 2.45) is 0 Å². The summed E-state index contributed by atoms with van der Waals surface area (Å²) < 4.78 is 27.8. The minimum atomic E-state index is -3.82. The zero-order chi connectivity index (χ0) is 21.5. The highest BCUT2D eigenvalue weighted by atomic mass is 35.5. The molecule has 0 atom stereocenters. The van der Waals surface area contributed by atoms with E-state index >= 15 is 0 Å². The van der Waals surface area contributed by atoms with Crippen LogP contribution in [-0.2, 0) is 19.6 Å². The Morgan fingerprint density at radius 2 is 1.63 bits per heavy atom. The van der Waals surface area contributed by atoms with E-state index in [4.69, 9.17) is 11.6 Å². The highest BCUT2D eigenvalue weighted by Crippen LogP contribution is 2.33. The first kappa shape index (κ1) is 20.4. The molecule has 2 amide bonds. The second kappa shape index (κ2) is 7.77. The van der Waals surface area contributed by atoms with Gasteiger partial charge in [-0.2, -0.15) is 0 Å². The second-order valence-corrected chi connectivity index (χ2v) is 9.33. The molecular formula is C21H20ClN3O4S. The molecule has 30 heavy (non-hydrogen) atoms. The number of nitrogens with zero attached hydrogens (tertiary/aromatic N) is 2. The number of amides is 2. The zero-order valence-electron chi connectivity index (χ0n) is 16.3. The molecule has 0 radical (unpaired) electrons. The lowest BCUT2D eigenvalue weighted by molar-refractivity contribution is -0.121. The van der Waals surface area contributed by atoms with Gasteiger partial charge in [-0.3, -0.25) is 14.3 Å². The second-order valence-electron chi connectivity index (χ2n) is 7.27. The van der Waals surface area contributed by atoms with Gasteiger partial charge in [0, 0.05) is 18.8 Å². The minimum Gasteiger partial charge on any atom is -0.366 e. The largest absolute Gasteiger partial charge is 0.366 e. The molecule has 0 saturated carbocycles. The van der Waals surface area contributed by atoms with Crippen molar-refractivity contribution < 1.29 is 18.0 Å². The van der Waals surface area contributed by atoms with Gasteiger partial charge in [0.15, 0.2) is 0 Å². The third kappa shape index (κ3) is 3.68. The Balaban J connectivity index is 1.56. The molecule has 156 valence electrons. The highest BCUT2D eigenvalue weighted by Gasteiger charge is 2.41. The number of carbonyl (C=O) groups excluding carboxylic acids is 2. The van der Waals surface area contributed by atoms with Gasteiger partial charge in [0.25, 0.3) is 21.8 Å². The van der Waals surface area contributed by atoms with Gasteiger partial charge in [0.05, 0.1) is 10.6 Å². The third-order valence-electron chi connectivity index (χ3n) is 5.10. The van der Waals surface area contributed by atoms with E-state index in [9.17, 15) is 18.0 Å². The van der Waals surface area contributed by atoms with Crippen LogP contribution in [0.15, 0.2) is 64.2 Å². The Morgan fingerprint density at radius 1 is 0.967 bits per heavy atom. The molecule has 4 rings (SSSR count). The number of sulfonamides is 1. The standard InChI is InChI=1S/C21H20ClN3O4S/c1-14-5-4-6-15(13-14)23-30(28,29)17-9-7-16(8-10-17)25-20(26)18(22)19(21(25)27)24-11-2-3-12-24/h4-10,13,23H,2-3,11-12H2,1H3. The van der Waals surface area contributed by atoms with Crippen LogP contribution in [0.3, 0.4) is 0 Å². The van der Waals surface area contributed by atoms with Crippen molar-refractivity contribution in [1.82, 2.24) is 4.90 Å². The summed E-state index contributed by atoms with van der Waals surface area (Å²) in [6.07, 6.45) is 1.88. The highest BCUT2D eigenvalue weighted by molar-refractivity contribution is 7.92. The Morgan fingerprint density at radius 3 is 2.27 bits per heavy atom. The van der Waals surface area contributed by atoms with Crippen molar-refractivity contribution in [1.29, 1.82) is 0 Å². The van der Waals surface area contributed by atoms with E-state index in [1.54, 1.807) is 18.2 Å². The van der Waals surface area contributed by atoms with Crippen molar-refractivity contribution in [3.05, 3.63) is 64.8 Å². The minimum absolute atomic E-state index is 0.0191. The van der Waals surface area contributed by atoms with E-state index < -0.39 is 21.8 Å². The smallest absolute Gasteiger partial charge is 0.283 e. The molecule has 0 aliphatic carbocycles. The van der Waals surface area contributed by atoms with E-state index in [0.717, 1.165) is 23.3 Å². The first-order valence-corrected chi connectivity index (χ1v) is 11.4. The Kier molecular flexibility index (Phi) is 5.29. The lowest BCUT2D eigenvalue weighted by Crippen LogP contribution is -2.34. The van der Waals surface area contributed by atoms with Gasteiger partial charge in [-0.05, 0) is 61.7 Å². The van der Waals surface area contributed by atoms with Crippen molar-refractivity contribution in [3.8, 4) is 0 Å². The van der Waals surface area contributed by atoms with Crippen molar-refractivity contribution in [2.75, 3.05) is 22.7 Å². The molecule has 1 N–H and O–H groups in total. The predicted octanol–water partition coefficient (Wildman–Crippen LogP) is 3.22. The summed E-state index contributed by atoms with van der Waals surface area (Å²) in [6.45, 7) is 3.23. The van der Waals surface area contributed by atoms with Crippen molar-refractivity contribution in [3.63, 3.8) is 0 Å². The summed E-state index contributed by atoms with van der Waals surface area (Å²) in [5, 5.41) is -0.0975. The number of nitrogens with one attached hydrogen (secondary N) is 1. The van der Waals surface area contributed by atoms with Gasteiger partial charge >= 0.3 is 0 Å². The normalized spacial score (nSPS) is 17.3. The van der Waals surface area contributed by atoms with Crippen LogP contribution >= 0.6 is 11.6 Å². The SMILES string of the molecule is Cc1cccc(NS(=O)(=O)c2ccc(N3C(=O)C(Cl)=C(N4CCCC4)C3=O)cc2)c1. The topological polar surface area (TPSA) is 86.8 Å². The summed E-state index contributed by atoms with van der Waals surface area (Å²) in [5.74, 6) is -1.09. The summed E-state index contributed by atoms with van der Waals surface area (Å²) in [6, 6.07) is 12.6. The molecule has 0 bridgehead atoms. The quantitative estimate of drug-likeness (QED) is 0.714. The van der Waals surface area contributed by atoms with Crippen LogP contribution in [0.1, 0.15) is 18.4 Å². The number of hydrogen-bond acceptors (Lipinski definition) is 5. The number of aryl methyl sites for hydroxylation is 1. The maximum atomic E-state index is 12.9. The Hall–Kier alpha value is -2.84. The zero-order valence-corrected chi connectivity index (χ0v) is 17.8. The van der Waals surface area contributed by atoms with E-state index in [1.807, 2.05) is 17.9 Å². The molecule has 2 aliphatic rings. The maximum Gasteiger partial charge on any atom is 0.283 e. The van der Waals surface area contributed by atoms with Gasteiger partial charge in [0.1, 0.15) is 10.7 Å². The summed E-state index contributed by atoms with van der Waals surface area (Å²) in [5.41, 5.74) is 1.87. The van der Waals surface area contributed by atoms with Crippen molar-refractivity contribution in [2.45, 2.75) is 24.7 Å². The average molecular weight is 446 g/mol. The fraction of sp³-hybridized carbons (Fsp3) is 0.238. The fourth-order valence-electron chi connectivity index (χ4n) is 3.64. The molecule has 1 fully saturated rings. The van der Waals surface area contributed by atoms with Crippen LogP contribution in [0.25, 0.3) is 0 Å². The van der Waals surface area contributed by atoms with Gasteiger partial charge in [-0.25, -0.2) is 13.3 Å². The van der Waals surface area contributed by atoms with Crippen molar-refractivity contribution >= 4 is 44.8 Å². The molecular weight excluding hydrogens is 426 g/mol. The average Bonchev–Trinajstić information content (AvgIpc) is 3.29. The van der Waals surface area contributed by atoms with Crippen LogP contribution in [0.5, 0.6) is 0 Å². The van der Waals surface area contributed by atoms with E-state index in [0.29, 0.717) is 18.8 Å². The number of imide groups is 1. The molecule has 1 saturated heterocycles. The number of benzene rings is 2. The van der Waals surface area contributed by atoms with E-state index in [-0.39, 0.29) is 21.3 Å². The molecule has 7 nitrogen and oxygen atoms in total. The molecule has 2 aromatic rings. The van der Waals surface area contributed by atoms with Gasteiger partial charge in [-0.1, -0.05) is 23.7 Å². The summed E-state index contributed by atoms with van der Waals surface area (Å²) in [4.78, 5) is 28.3.